The predicted molar refractivity (Wildman–Crippen MR) is 105 cm³/mol. The number of rotatable bonds is 10. The molecular formula is C19H38N4O3. The molecule has 0 spiro atoms. The lowest BCUT2D eigenvalue weighted by Crippen LogP contribution is -2.51. The largest absolute Gasteiger partial charge is 0.381 e. The third-order valence-corrected chi connectivity index (χ3v) is 5.38. The molecule has 1 atom stereocenters. The lowest BCUT2D eigenvalue weighted by molar-refractivity contribution is -0.00255. The summed E-state index contributed by atoms with van der Waals surface area (Å²) >= 11 is 0. The molecule has 2 rings (SSSR count). The molecule has 2 saturated heterocycles. The van der Waals surface area contributed by atoms with Crippen molar-refractivity contribution in [3.63, 3.8) is 0 Å². The predicted octanol–water partition coefficient (Wildman–Crippen LogP) is 1.10. The van der Waals surface area contributed by atoms with Gasteiger partial charge >= 0.3 is 0 Å². The van der Waals surface area contributed by atoms with Gasteiger partial charge in [0.1, 0.15) is 0 Å². The van der Waals surface area contributed by atoms with Gasteiger partial charge in [0.25, 0.3) is 0 Å². The molecule has 152 valence electrons. The summed E-state index contributed by atoms with van der Waals surface area (Å²) < 4.78 is 16.7. The molecule has 26 heavy (non-hydrogen) atoms. The fourth-order valence-corrected chi connectivity index (χ4v) is 3.41. The van der Waals surface area contributed by atoms with Gasteiger partial charge in [-0.3, -0.25) is 4.99 Å². The van der Waals surface area contributed by atoms with Crippen molar-refractivity contribution in [3.05, 3.63) is 0 Å². The van der Waals surface area contributed by atoms with Gasteiger partial charge in [0, 0.05) is 51.0 Å². The Bertz CT molecular complexity index is 406. The maximum Gasteiger partial charge on any atom is 0.191 e. The number of ether oxygens (including phenoxy) is 3. The van der Waals surface area contributed by atoms with Gasteiger partial charge in [-0.15, -0.1) is 0 Å². The van der Waals surface area contributed by atoms with Crippen LogP contribution in [0.3, 0.4) is 0 Å². The van der Waals surface area contributed by atoms with Crippen LogP contribution in [0.1, 0.15) is 32.6 Å². The van der Waals surface area contributed by atoms with E-state index in [0.29, 0.717) is 5.92 Å². The number of nitrogens with zero attached hydrogens (tertiary/aromatic N) is 2. The van der Waals surface area contributed by atoms with Crippen molar-refractivity contribution in [2.24, 2.45) is 10.9 Å². The molecule has 2 heterocycles. The molecule has 2 fully saturated rings. The molecule has 2 aliphatic rings. The minimum absolute atomic E-state index is 0.104. The number of nitrogens with one attached hydrogen (secondary N) is 2. The van der Waals surface area contributed by atoms with Gasteiger partial charge < -0.3 is 29.7 Å². The lowest BCUT2D eigenvalue weighted by Gasteiger charge is -2.41. The van der Waals surface area contributed by atoms with Gasteiger partial charge in [-0.25, -0.2) is 0 Å². The zero-order valence-electron chi connectivity index (χ0n) is 16.9. The smallest absolute Gasteiger partial charge is 0.191 e. The summed E-state index contributed by atoms with van der Waals surface area (Å²) in [6.07, 6.45) is 4.17. The van der Waals surface area contributed by atoms with Crippen molar-refractivity contribution < 1.29 is 14.2 Å². The summed E-state index contributed by atoms with van der Waals surface area (Å²) in [4.78, 5) is 7.16. The second kappa shape index (κ2) is 11.7. The third-order valence-electron chi connectivity index (χ3n) is 5.38. The molecule has 0 aromatic heterocycles. The molecule has 7 heteroatoms. The molecule has 2 N–H and O–H groups in total. The molecule has 7 nitrogen and oxygen atoms in total. The van der Waals surface area contributed by atoms with E-state index in [-0.39, 0.29) is 5.54 Å². The maximum atomic E-state index is 5.76. The van der Waals surface area contributed by atoms with Gasteiger partial charge in [0.15, 0.2) is 5.96 Å². The standard InChI is InChI=1S/C19H38N4O3/c1-4-20-18(21-9-5-10-25-14-17-6-11-26-15-17)22-16-19(23(2)3)7-12-24-13-8-19/h17H,4-16H2,1-3H3,(H2,20,21,22). The minimum atomic E-state index is 0.104. The highest BCUT2D eigenvalue weighted by Crippen LogP contribution is 2.26. The summed E-state index contributed by atoms with van der Waals surface area (Å²) in [5.41, 5.74) is 0.104. The summed E-state index contributed by atoms with van der Waals surface area (Å²) in [5, 5.41) is 6.78. The van der Waals surface area contributed by atoms with Crippen molar-refractivity contribution in [2.75, 3.05) is 73.4 Å². The second-order valence-corrected chi connectivity index (χ2v) is 7.51. The van der Waals surface area contributed by atoms with E-state index in [0.717, 1.165) is 90.9 Å². The van der Waals surface area contributed by atoms with Crippen LogP contribution < -0.4 is 10.6 Å². The van der Waals surface area contributed by atoms with E-state index in [1.54, 1.807) is 0 Å². The van der Waals surface area contributed by atoms with E-state index in [2.05, 4.69) is 36.6 Å². The van der Waals surface area contributed by atoms with Crippen molar-refractivity contribution in [3.8, 4) is 0 Å². The Morgan fingerprint density at radius 3 is 2.65 bits per heavy atom. The normalized spacial score (nSPS) is 23.4. The van der Waals surface area contributed by atoms with E-state index in [9.17, 15) is 0 Å². The summed E-state index contributed by atoms with van der Waals surface area (Å²) in [7, 11) is 4.29. The van der Waals surface area contributed by atoms with E-state index in [4.69, 9.17) is 19.2 Å². The zero-order chi connectivity index (χ0) is 18.7. The highest BCUT2D eigenvalue weighted by atomic mass is 16.5. The number of hydrogen-bond donors (Lipinski definition) is 2. The van der Waals surface area contributed by atoms with E-state index in [1.807, 2.05) is 0 Å². The molecule has 0 aromatic carbocycles. The molecule has 0 radical (unpaired) electrons. The Morgan fingerprint density at radius 1 is 1.19 bits per heavy atom. The quantitative estimate of drug-likeness (QED) is 0.341. The van der Waals surface area contributed by atoms with Crippen LogP contribution in [0.4, 0.5) is 0 Å². The van der Waals surface area contributed by atoms with Gasteiger partial charge in [0.2, 0.25) is 0 Å². The molecule has 1 unspecified atom stereocenters. The van der Waals surface area contributed by atoms with Crippen LogP contribution in [-0.4, -0.2) is 89.8 Å². The van der Waals surface area contributed by atoms with Crippen LogP contribution in [0.25, 0.3) is 0 Å². The van der Waals surface area contributed by atoms with Crippen LogP contribution in [0.15, 0.2) is 4.99 Å². The molecular weight excluding hydrogens is 332 g/mol. The number of likely N-dealkylation sites (N-methyl/N-ethyl adjacent to an activating group) is 1. The molecule has 0 amide bonds. The first-order chi connectivity index (χ1) is 12.7. The molecule has 0 aromatic rings. The third kappa shape index (κ3) is 7.02. The maximum absolute atomic E-state index is 5.76. The van der Waals surface area contributed by atoms with Crippen LogP contribution >= 0.6 is 0 Å². The average molecular weight is 371 g/mol. The zero-order valence-corrected chi connectivity index (χ0v) is 16.9. The van der Waals surface area contributed by atoms with Gasteiger partial charge in [0.05, 0.1) is 19.8 Å². The first-order valence-corrected chi connectivity index (χ1v) is 10.1. The summed E-state index contributed by atoms with van der Waals surface area (Å²) in [6, 6.07) is 0. The Balaban J connectivity index is 1.69. The average Bonchev–Trinajstić information content (AvgIpc) is 3.16. The Kier molecular flexibility index (Phi) is 9.67. The topological polar surface area (TPSA) is 67.4 Å². The van der Waals surface area contributed by atoms with Crippen molar-refractivity contribution in [1.29, 1.82) is 0 Å². The lowest BCUT2D eigenvalue weighted by atomic mass is 9.89. The Labute approximate surface area is 158 Å². The Hall–Kier alpha value is -0.890. The fraction of sp³-hybridized carbons (Fsp3) is 0.947. The Morgan fingerprint density at radius 2 is 2.00 bits per heavy atom. The van der Waals surface area contributed by atoms with Crippen molar-refractivity contribution in [2.45, 2.75) is 38.1 Å². The van der Waals surface area contributed by atoms with E-state index >= 15 is 0 Å². The van der Waals surface area contributed by atoms with Crippen LogP contribution in [0, 0.1) is 5.92 Å². The highest BCUT2D eigenvalue weighted by molar-refractivity contribution is 5.79. The minimum Gasteiger partial charge on any atom is -0.381 e. The number of guanidine groups is 1. The van der Waals surface area contributed by atoms with Crippen LogP contribution in [-0.2, 0) is 14.2 Å². The van der Waals surface area contributed by atoms with Crippen molar-refractivity contribution in [1.82, 2.24) is 15.5 Å². The second-order valence-electron chi connectivity index (χ2n) is 7.51. The highest BCUT2D eigenvalue weighted by Gasteiger charge is 2.34. The monoisotopic (exact) mass is 370 g/mol. The first kappa shape index (κ1) is 21.4. The number of hydrogen-bond acceptors (Lipinski definition) is 5. The molecule has 0 aliphatic carbocycles. The first-order valence-electron chi connectivity index (χ1n) is 10.1. The summed E-state index contributed by atoms with van der Waals surface area (Å²) in [5.74, 6) is 1.48. The number of aliphatic imine (C=N–C) groups is 1. The van der Waals surface area contributed by atoms with Crippen LogP contribution in [0.2, 0.25) is 0 Å². The SMILES string of the molecule is CCNC(=NCC1(N(C)C)CCOCC1)NCCCOCC1CCOC1. The summed E-state index contributed by atoms with van der Waals surface area (Å²) in [6.45, 7) is 9.60. The molecule has 2 aliphatic heterocycles. The van der Waals surface area contributed by atoms with Gasteiger partial charge in [-0.05, 0) is 46.7 Å². The molecule has 0 saturated carbocycles. The van der Waals surface area contributed by atoms with Gasteiger partial charge in [-0.1, -0.05) is 0 Å². The van der Waals surface area contributed by atoms with E-state index < -0.39 is 0 Å². The van der Waals surface area contributed by atoms with E-state index in [1.165, 1.54) is 0 Å². The van der Waals surface area contributed by atoms with Gasteiger partial charge in [-0.2, -0.15) is 0 Å². The fourth-order valence-electron chi connectivity index (χ4n) is 3.41. The van der Waals surface area contributed by atoms with Crippen molar-refractivity contribution >= 4 is 5.96 Å². The molecule has 0 bridgehead atoms. The van der Waals surface area contributed by atoms with Crippen LogP contribution in [0.5, 0.6) is 0 Å².